The van der Waals surface area contributed by atoms with Crippen molar-refractivity contribution in [3.05, 3.63) is 72.1 Å². The van der Waals surface area contributed by atoms with E-state index in [1.807, 2.05) is 36.7 Å². The van der Waals surface area contributed by atoms with Crippen LogP contribution in [0.1, 0.15) is 11.1 Å². The topological polar surface area (TPSA) is 39.6 Å². The zero-order valence-corrected chi connectivity index (χ0v) is 14.3. The highest BCUT2D eigenvalue weighted by molar-refractivity contribution is 5.87. The Morgan fingerprint density at radius 2 is 1.48 bits per heavy atom. The number of pyridine rings is 1. The van der Waals surface area contributed by atoms with Crippen LogP contribution in [0.25, 0.3) is 10.8 Å². The molecular formula is C21H23N3O. The maximum absolute atomic E-state index is 10.3. The van der Waals surface area contributed by atoms with E-state index in [0.29, 0.717) is 5.75 Å². The lowest BCUT2D eigenvalue weighted by molar-refractivity contribution is 0.121. The van der Waals surface area contributed by atoms with Crippen molar-refractivity contribution in [2.45, 2.75) is 13.1 Å². The van der Waals surface area contributed by atoms with E-state index in [1.54, 1.807) is 0 Å². The van der Waals surface area contributed by atoms with Gasteiger partial charge >= 0.3 is 0 Å². The van der Waals surface area contributed by atoms with Crippen LogP contribution in [0.3, 0.4) is 0 Å². The van der Waals surface area contributed by atoms with Gasteiger partial charge in [-0.15, -0.1) is 0 Å². The van der Waals surface area contributed by atoms with Crippen LogP contribution in [0.5, 0.6) is 5.75 Å². The van der Waals surface area contributed by atoms with Crippen molar-refractivity contribution in [2.75, 3.05) is 26.2 Å². The first kappa shape index (κ1) is 16.1. The summed E-state index contributed by atoms with van der Waals surface area (Å²) in [4.78, 5) is 9.00. The molecule has 1 N–H and O–H groups in total. The van der Waals surface area contributed by atoms with Gasteiger partial charge in [0.1, 0.15) is 5.75 Å². The van der Waals surface area contributed by atoms with Gasteiger partial charge < -0.3 is 5.11 Å². The zero-order chi connectivity index (χ0) is 17.1. The third kappa shape index (κ3) is 3.65. The molecule has 4 rings (SSSR count). The predicted octanol–water partition coefficient (Wildman–Crippen LogP) is 3.26. The van der Waals surface area contributed by atoms with E-state index in [4.69, 9.17) is 0 Å². The van der Waals surface area contributed by atoms with E-state index >= 15 is 0 Å². The minimum absolute atomic E-state index is 0.401. The van der Waals surface area contributed by atoms with Gasteiger partial charge in [0.15, 0.2) is 0 Å². The summed E-state index contributed by atoms with van der Waals surface area (Å²) in [5.41, 5.74) is 2.36. The molecule has 4 heteroatoms. The molecule has 0 aliphatic carbocycles. The Balaban J connectivity index is 1.41. The molecule has 0 unspecified atom stereocenters. The average Bonchev–Trinajstić information content (AvgIpc) is 2.66. The molecule has 1 aromatic heterocycles. The first-order valence-electron chi connectivity index (χ1n) is 8.83. The Hall–Kier alpha value is -2.43. The normalized spacial score (nSPS) is 16.3. The Labute approximate surface area is 148 Å². The van der Waals surface area contributed by atoms with E-state index in [2.05, 4.69) is 39.0 Å². The zero-order valence-electron chi connectivity index (χ0n) is 14.3. The molecule has 0 radical (unpaired) electrons. The molecule has 3 aromatic rings. The number of nitrogens with zero attached hydrogens (tertiary/aromatic N) is 3. The van der Waals surface area contributed by atoms with Crippen LogP contribution in [0.15, 0.2) is 60.9 Å². The van der Waals surface area contributed by atoms with E-state index in [0.717, 1.165) is 50.2 Å². The summed E-state index contributed by atoms with van der Waals surface area (Å²) < 4.78 is 0. The van der Waals surface area contributed by atoms with Gasteiger partial charge in [-0.1, -0.05) is 30.3 Å². The molecule has 0 bridgehead atoms. The van der Waals surface area contributed by atoms with Gasteiger partial charge in [-0.25, -0.2) is 0 Å². The summed E-state index contributed by atoms with van der Waals surface area (Å²) in [6.45, 7) is 5.93. The van der Waals surface area contributed by atoms with Gasteiger partial charge in [0.05, 0.1) is 0 Å². The Morgan fingerprint density at radius 3 is 2.24 bits per heavy atom. The smallest absolute Gasteiger partial charge is 0.120 e. The quantitative estimate of drug-likeness (QED) is 0.795. The molecule has 0 saturated carbocycles. The highest BCUT2D eigenvalue weighted by Crippen LogP contribution is 2.28. The second-order valence-electron chi connectivity index (χ2n) is 6.69. The van der Waals surface area contributed by atoms with Crippen molar-refractivity contribution in [3.63, 3.8) is 0 Å². The molecular weight excluding hydrogens is 310 g/mol. The number of fused-ring (bicyclic) bond motifs is 1. The Morgan fingerprint density at radius 1 is 0.800 bits per heavy atom. The van der Waals surface area contributed by atoms with Crippen LogP contribution in [-0.2, 0) is 13.1 Å². The standard InChI is InChI=1S/C21H23N3O/c25-21-6-5-18-3-1-2-4-19(18)20(21)16-24-13-11-23(12-14-24)15-17-7-9-22-10-8-17/h1-10,25H,11-16H2. The molecule has 0 spiro atoms. The summed E-state index contributed by atoms with van der Waals surface area (Å²) in [5, 5.41) is 12.7. The number of phenols is 1. The first-order valence-corrected chi connectivity index (χ1v) is 8.83. The maximum Gasteiger partial charge on any atom is 0.120 e. The van der Waals surface area contributed by atoms with Crippen molar-refractivity contribution in [1.82, 2.24) is 14.8 Å². The second-order valence-corrected chi connectivity index (χ2v) is 6.69. The summed E-state index contributed by atoms with van der Waals surface area (Å²) in [5.74, 6) is 0.401. The molecule has 0 amide bonds. The summed E-state index contributed by atoms with van der Waals surface area (Å²) in [6.07, 6.45) is 3.71. The van der Waals surface area contributed by atoms with Crippen molar-refractivity contribution in [3.8, 4) is 5.75 Å². The fourth-order valence-electron chi connectivity index (χ4n) is 3.57. The fourth-order valence-corrected chi connectivity index (χ4v) is 3.57. The van der Waals surface area contributed by atoms with E-state index in [9.17, 15) is 5.11 Å². The van der Waals surface area contributed by atoms with Crippen LogP contribution in [0, 0.1) is 0 Å². The Kier molecular flexibility index (Phi) is 4.63. The van der Waals surface area contributed by atoms with Gasteiger partial charge in [-0.2, -0.15) is 0 Å². The lowest BCUT2D eigenvalue weighted by Crippen LogP contribution is -2.45. The SMILES string of the molecule is Oc1ccc2ccccc2c1CN1CCN(Cc2ccncc2)CC1. The largest absolute Gasteiger partial charge is 0.508 e. The van der Waals surface area contributed by atoms with Crippen LogP contribution in [-0.4, -0.2) is 46.1 Å². The average molecular weight is 333 g/mol. The lowest BCUT2D eigenvalue weighted by Gasteiger charge is -2.35. The highest BCUT2D eigenvalue weighted by atomic mass is 16.3. The molecule has 1 aliphatic rings. The number of phenolic OH excluding ortho intramolecular Hbond substituents is 1. The molecule has 2 heterocycles. The Bertz CT molecular complexity index is 842. The molecule has 1 aliphatic heterocycles. The third-order valence-corrected chi connectivity index (χ3v) is 5.02. The number of rotatable bonds is 4. The fraction of sp³-hybridized carbons (Fsp3) is 0.286. The molecule has 1 saturated heterocycles. The lowest BCUT2D eigenvalue weighted by atomic mass is 10.0. The third-order valence-electron chi connectivity index (χ3n) is 5.02. The maximum atomic E-state index is 10.3. The van der Waals surface area contributed by atoms with E-state index in [-0.39, 0.29) is 0 Å². The molecule has 1 fully saturated rings. The number of hydrogen-bond donors (Lipinski definition) is 1. The molecule has 25 heavy (non-hydrogen) atoms. The van der Waals surface area contributed by atoms with Crippen LogP contribution in [0.4, 0.5) is 0 Å². The van der Waals surface area contributed by atoms with Gasteiger partial charge in [0.2, 0.25) is 0 Å². The first-order chi connectivity index (χ1) is 12.3. The summed E-state index contributed by atoms with van der Waals surface area (Å²) >= 11 is 0. The number of benzene rings is 2. The minimum atomic E-state index is 0.401. The van der Waals surface area contributed by atoms with Crippen molar-refractivity contribution < 1.29 is 5.11 Å². The van der Waals surface area contributed by atoms with Crippen LogP contribution in [0.2, 0.25) is 0 Å². The van der Waals surface area contributed by atoms with Gasteiger partial charge in [0, 0.05) is 57.2 Å². The minimum Gasteiger partial charge on any atom is -0.508 e. The van der Waals surface area contributed by atoms with Crippen LogP contribution >= 0.6 is 0 Å². The van der Waals surface area contributed by atoms with E-state index < -0.39 is 0 Å². The van der Waals surface area contributed by atoms with E-state index in [1.165, 1.54) is 10.9 Å². The highest BCUT2D eigenvalue weighted by Gasteiger charge is 2.19. The predicted molar refractivity (Wildman–Crippen MR) is 100 cm³/mol. The van der Waals surface area contributed by atoms with Crippen molar-refractivity contribution >= 4 is 10.8 Å². The molecule has 128 valence electrons. The monoisotopic (exact) mass is 333 g/mol. The van der Waals surface area contributed by atoms with Crippen molar-refractivity contribution in [1.29, 1.82) is 0 Å². The molecule has 4 nitrogen and oxygen atoms in total. The van der Waals surface area contributed by atoms with Gasteiger partial charge in [0.25, 0.3) is 0 Å². The van der Waals surface area contributed by atoms with Gasteiger partial charge in [-0.3, -0.25) is 14.8 Å². The number of piperazine rings is 1. The number of aromatic hydroxyl groups is 1. The summed E-state index contributed by atoms with van der Waals surface area (Å²) in [6, 6.07) is 16.3. The molecule has 0 atom stereocenters. The summed E-state index contributed by atoms with van der Waals surface area (Å²) in [7, 11) is 0. The van der Waals surface area contributed by atoms with Crippen molar-refractivity contribution in [2.24, 2.45) is 0 Å². The number of aromatic nitrogens is 1. The second kappa shape index (κ2) is 7.21. The van der Waals surface area contributed by atoms with Gasteiger partial charge in [-0.05, 0) is 34.5 Å². The number of hydrogen-bond acceptors (Lipinski definition) is 4. The molecule has 2 aromatic carbocycles. The van der Waals surface area contributed by atoms with Crippen LogP contribution < -0.4 is 0 Å².